The zero-order valence-electron chi connectivity index (χ0n) is 11.6. The lowest BCUT2D eigenvalue weighted by Gasteiger charge is -2.26. The molecule has 0 aromatic carbocycles. The first-order valence-corrected chi connectivity index (χ1v) is 6.83. The lowest BCUT2D eigenvalue weighted by molar-refractivity contribution is 0.0925. The van der Waals surface area contributed by atoms with Crippen molar-refractivity contribution >= 4 is 11.6 Å². The van der Waals surface area contributed by atoms with Crippen LogP contribution >= 0.6 is 0 Å². The first kappa shape index (κ1) is 13.8. The van der Waals surface area contributed by atoms with Crippen molar-refractivity contribution in [2.24, 2.45) is 5.10 Å². The molecule has 1 aliphatic heterocycles. The molecule has 0 saturated carbocycles. The van der Waals surface area contributed by atoms with Gasteiger partial charge >= 0.3 is 5.91 Å². The van der Waals surface area contributed by atoms with Crippen LogP contribution in [0.2, 0.25) is 0 Å². The summed E-state index contributed by atoms with van der Waals surface area (Å²) in [5, 5.41) is 4.19. The molecule has 1 aromatic rings. The van der Waals surface area contributed by atoms with Crippen molar-refractivity contribution in [1.82, 2.24) is 10.3 Å². The average molecular weight is 263 g/mol. The highest BCUT2D eigenvalue weighted by Crippen LogP contribution is 2.08. The van der Waals surface area contributed by atoms with E-state index < -0.39 is 0 Å². The van der Waals surface area contributed by atoms with Gasteiger partial charge in [0.1, 0.15) is 5.76 Å². The summed E-state index contributed by atoms with van der Waals surface area (Å²) in [5.74, 6) is 0.757. The number of nitrogens with zero attached hydrogens (tertiary/aromatic N) is 2. The van der Waals surface area contributed by atoms with Gasteiger partial charge in [0.15, 0.2) is 5.76 Å². The van der Waals surface area contributed by atoms with Crippen LogP contribution in [0.25, 0.3) is 0 Å². The highest BCUT2D eigenvalue weighted by Gasteiger charge is 2.15. The Morgan fingerprint density at radius 2 is 2.16 bits per heavy atom. The Morgan fingerprint density at radius 3 is 2.74 bits per heavy atom. The summed E-state index contributed by atoms with van der Waals surface area (Å²) in [7, 11) is 0. The Hall–Kier alpha value is -1.62. The second-order valence-corrected chi connectivity index (χ2v) is 4.87. The maximum Gasteiger partial charge on any atom is 0.307 e. The Bertz CT molecular complexity index is 455. The number of rotatable bonds is 4. The molecule has 1 aromatic heterocycles. The van der Waals surface area contributed by atoms with Crippen molar-refractivity contribution in [2.45, 2.75) is 33.1 Å². The minimum atomic E-state index is -0.281. The van der Waals surface area contributed by atoms with E-state index in [0.717, 1.165) is 43.9 Å². The predicted molar refractivity (Wildman–Crippen MR) is 74.3 cm³/mol. The van der Waals surface area contributed by atoms with Gasteiger partial charge in [-0.3, -0.25) is 4.79 Å². The Morgan fingerprint density at radius 1 is 1.42 bits per heavy atom. The summed E-state index contributed by atoms with van der Waals surface area (Å²) in [6, 6.07) is 3.43. The van der Waals surface area contributed by atoms with Gasteiger partial charge in [0.2, 0.25) is 0 Å². The van der Waals surface area contributed by atoms with Gasteiger partial charge in [-0.2, -0.15) is 5.10 Å². The van der Waals surface area contributed by atoms with Crippen molar-refractivity contribution in [3.63, 3.8) is 0 Å². The van der Waals surface area contributed by atoms with Crippen LogP contribution < -0.4 is 5.43 Å². The summed E-state index contributed by atoms with van der Waals surface area (Å²) in [6.45, 7) is 7.21. The molecule has 0 bridgehead atoms. The van der Waals surface area contributed by atoms with Gasteiger partial charge in [0.05, 0.1) is 0 Å². The summed E-state index contributed by atoms with van der Waals surface area (Å²) < 4.78 is 5.24. The minimum absolute atomic E-state index is 0.281. The molecule has 0 unspecified atom stereocenters. The maximum atomic E-state index is 11.7. The number of furan rings is 1. The van der Waals surface area contributed by atoms with Crippen molar-refractivity contribution < 1.29 is 9.21 Å². The topological polar surface area (TPSA) is 57.8 Å². The predicted octanol–water partition coefficient (Wildman–Crippen LogP) is 2.18. The van der Waals surface area contributed by atoms with Crippen molar-refractivity contribution in [2.75, 3.05) is 19.6 Å². The van der Waals surface area contributed by atoms with Crippen LogP contribution in [0.4, 0.5) is 0 Å². The molecule has 2 heterocycles. The molecule has 2 rings (SSSR count). The molecule has 1 saturated heterocycles. The van der Waals surface area contributed by atoms with E-state index in [9.17, 15) is 4.79 Å². The zero-order chi connectivity index (χ0) is 13.7. The van der Waals surface area contributed by atoms with Crippen LogP contribution in [0, 0.1) is 6.92 Å². The quantitative estimate of drug-likeness (QED) is 0.847. The number of amides is 1. The first-order chi connectivity index (χ1) is 9.19. The third kappa shape index (κ3) is 3.92. The molecule has 0 radical (unpaired) electrons. The van der Waals surface area contributed by atoms with Gasteiger partial charge < -0.3 is 9.32 Å². The summed E-state index contributed by atoms with van der Waals surface area (Å²) >= 11 is 0. The van der Waals surface area contributed by atoms with Crippen molar-refractivity contribution in [3.8, 4) is 0 Å². The minimum Gasteiger partial charge on any atom is -0.456 e. The molecule has 0 atom stereocenters. The van der Waals surface area contributed by atoms with E-state index in [2.05, 4.69) is 22.4 Å². The molecule has 19 heavy (non-hydrogen) atoms. The van der Waals surface area contributed by atoms with Crippen LogP contribution in [0.15, 0.2) is 21.7 Å². The molecule has 1 fully saturated rings. The van der Waals surface area contributed by atoms with E-state index in [4.69, 9.17) is 4.42 Å². The number of aryl methyl sites for hydroxylation is 1. The molecular weight excluding hydrogens is 242 g/mol. The fourth-order valence-corrected chi connectivity index (χ4v) is 2.20. The fourth-order valence-electron chi connectivity index (χ4n) is 2.20. The van der Waals surface area contributed by atoms with Gasteiger partial charge in [-0.1, -0.05) is 6.92 Å². The van der Waals surface area contributed by atoms with E-state index in [-0.39, 0.29) is 5.91 Å². The number of hydrogen-bond acceptors (Lipinski definition) is 4. The third-order valence-corrected chi connectivity index (χ3v) is 3.25. The van der Waals surface area contributed by atoms with E-state index in [0.29, 0.717) is 5.76 Å². The summed E-state index contributed by atoms with van der Waals surface area (Å²) in [5.41, 5.74) is 3.62. The number of carbonyl (C=O) groups excluding carboxylic acids is 1. The van der Waals surface area contributed by atoms with E-state index in [1.165, 1.54) is 6.42 Å². The van der Waals surface area contributed by atoms with Crippen LogP contribution in [-0.2, 0) is 0 Å². The number of likely N-dealkylation sites (tertiary alicyclic amines) is 1. The average Bonchev–Trinajstić information content (AvgIpc) is 2.85. The molecule has 1 N–H and O–H groups in total. The summed E-state index contributed by atoms with van der Waals surface area (Å²) in [4.78, 5) is 14.2. The number of piperidine rings is 1. The van der Waals surface area contributed by atoms with Crippen molar-refractivity contribution in [1.29, 1.82) is 0 Å². The van der Waals surface area contributed by atoms with Crippen LogP contribution in [0.5, 0.6) is 0 Å². The molecular formula is C14H21N3O2. The van der Waals surface area contributed by atoms with Crippen LogP contribution in [0.3, 0.4) is 0 Å². The van der Waals surface area contributed by atoms with E-state index in [1.54, 1.807) is 12.1 Å². The van der Waals surface area contributed by atoms with E-state index >= 15 is 0 Å². The molecule has 1 amide bonds. The normalized spacial score (nSPS) is 16.4. The largest absolute Gasteiger partial charge is 0.456 e. The lowest BCUT2D eigenvalue weighted by Crippen LogP contribution is -2.35. The number of hydrogen-bond donors (Lipinski definition) is 1. The molecule has 1 aliphatic rings. The van der Waals surface area contributed by atoms with Crippen LogP contribution in [-0.4, -0.2) is 36.2 Å². The van der Waals surface area contributed by atoms with E-state index in [1.807, 2.05) is 6.92 Å². The SMILES string of the molecule is CCCN1CCC(=NNC(=O)c2ccc(C)o2)CC1. The highest BCUT2D eigenvalue weighted by molar-refractivity contribution is 5.93. The molecule has 0 aliphatic carbocycles. The van der Waals surface area contributed by atoms with Gasteiger partial charge in [-0.25, -0.2) is 5.43 Å². The number of hydrazone groups is 1. The smallest absolute Gasteiger partial charge is 0.307 e. The van der Waals surface area contributed by atoms with Gasteiger partial charge in [0, 0.05) is 31.6 Å². The summed E-state index contributed by atoms with van der Waals surface area (Å²) in [6.07, 6.45) is 3.04. The van der Waals surface area contributed by atoms with Gasteiger partial charge in [-0.15, -0.1) is 0 Å². The highest BCUT2D eigenvalue weighted by atomic mass is 16.3. The Balaban J connectivity index is 1.82. The number of nitrogens with one attached hydrogen (secondary N) is 1. The van der Waals surface area contributed by atoms with Crippen LogP contribution in [0.1, 0.15) is 42.5 Å². The first-order valence-electron chi connectivity index (χ1n) is 6.83. The third-order valence-electron chi connectivity index (χ3n) is 3.25. The standard InChI is InChI=1S/C14H21N3O2/c1-3-8-17-9-6-12(7-10-17)15-16-14(18)13-5-4-11(2)19-13/h4-5H,3,6-10H2,1-2H3,(H,16,18). The second kappa shape index (κ2) is 6.52. The molecule has 0 spiro atoms. The second-order valence-electron chi connectivity index (χ2n) is 4.87. The fraction of sp³-hybridized carbons (Fsp3) is 0.571. The molecule has 5 heteroatoms. The Kier molecular flexibility index (Phi) is 4.74. The van der Waals surface area contributed by atoms with Gasteiger partial charge in [-0.05, 0) is 32.0 Å². The molecule has 5 nitrogen and oxygen atoms in total. The zero-order valence-corrected chi connectivity index (χ0v) is 11.6. The van der Waals surface area contributed by atoms with Gasteiger partial charge in [0.25, 0.3) is 0 Å². The van der Waals surface area contributed by atoms with Crippen molar-refractivity contribution in [3.05, 3.63) is 23.7 Å². The number of carbonyl (C=O) groups is 1. The maximum absolute atomic E-state index is 11.7. The molecule has 104 valence electrons. The monoisotopic (exact) mass is 263 g/mol. The lowest BCUT2D eigenvalue weighted by atomic mass is 10.1. The Labute approximate surface area is 113 Å².